The Labute approximate surface area is 166 Å². The van der Waals surface area contributed by atoms with Gasteiger partial charge in [-0.3, -0.25) is 4.90 Å². The van der Waals surface area contributed by atoms with Gasteiger partial charge in [-0.05, 0) is 29.8 Å². The lowest BCUT2D eigenvalue weighted by molar-refractivity contribution is 0.250. The Morgan fingerprint density at radius 1 is 0.857 bits per heavy atom. The van der Waals surface area contributed by atoms with Gasteiger partial charge in [0.2, 0.25) is 0 Å². The molecule has 1 fully saturated rings. The van der Waals surface area contributed by atoms with Crippen LogP contribution in [0.15, 0.2) is 67.0 Å². The summed E-state index contributed by atoms with van der Waals surface area (Å²) < 4.78 is 0. The van der Waals surface area contributed by atoms with Crippen LogP contribution in [0.3, 0.4) is 0 Å². The van der Waals surface area contributed by atoms with Crippen LogP contribution in [0.5, 0.6) is 0 Å². The van der Waals surface area contributed by atoms with Crippen molar-refractivity contribution < 1.29 is 0 Å². The first-order valence-corrected chi connectivity index (χ1v) is 9.68. The lowest BCUT2D eigenvalue weighted by Crippen LogP contribution is -2.45. The fourth-order valence-electron chi connectivity index (χ4n) is 3.47. The highest BCUT2D eigenvalue weighted by Gasteiger charge is 2.17. The summed E-state index contributed by atoms with van der Waals surface area (Å²) in [5, 5.41) is 6.35. The summed E-state index contributed by atoms with van der Waals surface area (Å²) in [6.45, 7) is 5.31. The van der Waals surface area contributed by atoms with Crippen molar-refractivity contribution >= 4 is 23.0 Å². The van der Waals surface area contributed by atoms with E-state index >= 15 is 0 Å². The summed E-state index contributed by atoms with van der Waals surface area (Å²) in [6, 6.07) is 21.2. The number of hydrogen-bond acceptors (Lipinski definition) is 6. The van der Waals surface area contributed by atoms with Gasteiger partial charge in [-0.15, -0.1) is 0 Å². The molecule has 0 unspecified atom stereocenters. The van der Waals surface area contributed by atoms with Crippen LogP contribution < -0.4 is 15.5 Å². The molecule has 0 amide bonds. The minimum absolute atomic E-state index is 0.779. The summed E-state index contributed by atoms with van der Waals surface area (Å²) in [7, 11) is 1.85. The summed E-state index contributed by atoms with van der Waals surface area (Å²) in [5.74, 6) is 1.57. The molecule has 28 heavy (non-hydrogen) atoms. The van der Waals surface area contributed by atoms with E-state index in [9.17, 15) is 0 Å². The SMILES string of the molecule is CNc1cc(Nc2ccc(N3CCN(Cc4ccccc4)CC3)cc2)ncn1. The summed E-state index contributed by atoms with van der Waals surface area (Å²) >= 11 is 0. The minimum Gasteiger partial charge on any atom is -0.373 e. The van der Waals surface area contributed by atoms with Crippen molar-refractivity contribution in [1.82, 2.24) is 14.9 Å². The Morgan fingerprint density at radius 2 is 1.57 bits per heavy atom. The number of nitrogens with zero attached hydrogens (tertiary/aromatic N) is 4. The molecule has 1 aliphatic rings. The molecule has 1 aliphatic heterocycles. The maximum atomic E-state index is 4.26. The van der Waals surface area contributed by atoms with Gasteiger partial charge in [0.15, 0.2) is 0 Å². The van der Waals surface area contributed by atoms with Gasteiger partial charge >= 0.3 is 0 Å². The van der Waals surface area contributed by atoms with Gasteiger partial charge in [0.05, 0.1) is 0 Å². The van der Waals surface area contributed by atoms with Crippen molar-refractivity contribution in [2.24, 2.45) is 0 Å². The van der Waals surface area contributed by atoms with E-state index in [0.717, 1.165) is 50.0 Å². The van der Waals surface area contributed by atoms with Crippen LogP contribution in [0.2, 0.25) is 0 Å². The number of piperazine rings is 1. The predicted octanol–water partition coefficient (Wildman–Crippen LogP) is 3.58. The largest absolute Gasteiger partial charge is 0.373 e. The third-order valence-electron chi connectivity index (χ3n) is 5.05. The van der Waals surface area contributed by atoms with E-state index in [4.69, 9.17) is 0 Å². The number of benzene rings is 2. The highest BCUT2D eigenvalue weighted by Crippen LogP contribution is 2.22. The zero-order chi connectivity index (χ0) is 19.2. The number of anilines is 4. The molecule has 4 rings (SSSR count). The van der Waals surface area contributed by atoms with Gasteiger partial charge in [0.1, 0.15) is 18.0 Å². The van der Waals surface area contributed by atoms with Crippen LogP contribution in [0.4, 0.5) is 23.0 Å². The summed E-state index contributed by atoms with van der Waals surface area (Å²) in [6.07, 6.45) is 1.55. The van der Waals surface area contributed by atoms with Crippen LogP contribution in [0.25, 0.3) is 0 Å². The van der Waals surface area contributed by atoms with Gasteiger partial charge in [-0.25, -0.2) is 9.97 Å². The molecule has 2 heterocycles. The smallest absolute Gasteiger partial charge is 0.135 e. The molecular formula is C22H26N6. The molecule has 0 aliphatic carbocycles. The van der Waals surface area contributed by atoms with E-state index in [2.05, 4.69) is 85.0 Å². The van der Waals surface area contributed by atoms with E-state index in [-0.39, 0.29) is 0 Å². The molecule has 0 bridgehead atoms. The van der Waals surface area contributed by atoms with Crippen LogP contribution in [-0.4, -0.2) is 48.1 Å². The van der Waals surface area contributed by atoms with Crippen LogP contribution in [-0.2, 0) is 6.54 Å². The van der Waals surface area contributed by atoms with E-state index in [1.807, 2.05) is 13.1 Å². The highest BCUT2D eigenvalue weighted by atomic mass is 15.3. The molecule has 0 atom stereocenters. The van der Waals surface area contributed by atoms with Crippen LogP contribution in [0, 0.1) is 0 Å². The first kappa shape index (κ1) is 18.3. The van der Waals surface area contributed by atoms with Crippen molar-refractivity contribution in [1.29, 1.82) is 0 Å². The molecule has 6 nitrogen and oxygen atoms in total. The zero-order valence-electron chi connectivity index (χ0n) is 16.2. The average Bonchev–Trinajstić information content (AvgIpc) is 2.76. The minimum atomic E-state index is 0.779. The lowest BCUT2D eigenvalue weighted by Gasteiger charge is -2.36. The number of nitrogens with one attached hydrogen (secondary N) is 2. The van der Waals surface area contributed by atoms with Crippen LogP contribution in [0.1, 0.15) is 5.56 Å². The summed E-state index contributed by atoms with van der Waals surface area (Å²) in [5.41, 5.74) is 3.67. The van der Waals surface area contributed by atoms with Crippen molar-refractivity contribution in [3.05, 3.63) is 72.6 Å². The standard InChI is InChI=1S/C22H26N6/c1-23-21-15-22(25-17-24-21)26-19-7-9-20(10-8-19)28-13-11-27(12-14-28)16-18-5-3-2-4-6-18/h2-10,15,17H,11-14,16H2,1H3,(H2,23,24,25,26). The molecule has 1 aromatic heterocycles. The fourth-order valence-corrected chi connectivity index (χ4v) is 3.47. The van der Waals surface area contributed by atoms with Crippen molar-refractivity contribution in [3.63, 3.8) is 0 Å². The Balaban J connectivity index is 1.32. The first-order valence-electron chi connectivity index (χ1n) is 9.68. The second-order valence-electron chi connectivity index (χ2n) is 6.96. The average molecular weight is 374 g/mol. The number of hydrogen-bond donors (Lipinski definition) is 2. The van der Waals surface area contributed by atoms with E-state index < -0.39 is 0 Å². The lowest BCUT2D eigenvalue weighted by atomic mass is 10.2. The Morgan fingerprint density at radius 3 is 2.29 bits per heavy atom. The molecule has 1 saturated heterocycles. The topological polar surface area (TPSA) is 56.3 Å². The molecule has 0 spiro atoms. The zero-order valence-corrected chi connectivity index (χ0v) is 16.2. The molecular weight excluding hydrogens is 348 g/mol. The number of aromatic nitrogens is 2. The van der Waals surface area contributed by atoms with Gasteiger partial charge in [-0.2, -0.15) is 0 Å². The van der Waals surface area contributed by atoms with Gasteiger partial charge in [0, 0.05) is 57.2 Å². The molecule has 6 heteroatoms. The quantitative estimate of drug-likeness (QED) is 0.688. The molecule has 2 aromatic carbocycles. The third kappa shape index (κ3) is 4.58. The third-order valence-corrected chi connectivity index (χ3v) is 5.05. The Kier molecular flexibility index (Phi) is 5.68. The van der Waals surface area contributed by atoms with Crippen molar-refractivity contribution in [2.45, 2.75) is 6.54 Å². The Bertz CT molecular complexity index is 873. The second-order valence-corrected chi connectivity index (χ2v) is 6.96. The van der Waals surface area contributed by atoms with Gasteiger partial charge < -0.3 is 15.5 Å². The Hall–Kier alpha value is -3.12. The fraction of sp³-hybridized carbons (Fsp3) is 0.273. The molecule has 144 valence electrons. The van der Waals surface area contributed by atoms with Gasteiger partial charge in [0.25, 0.3) is 0 Å². The summed E-state index contributed by atoms with van der Waals surface area (Å²) in [4.78, 5) is 13.4. The second kappa shape index (κ2) is 8.71. The monoisotopic (exact) mass is 374 g/mol. The number of rotatable bonds is 6. The van der Waals surface area contributed by atoms with E-state index in [0.29, 0.717) is 0 Å². The van der Waals surface area contributed by atoms with Crippen molar-refractivity contribution in [3.8, 4) is 0 Å². The molecule has 0 radical (unpaired) electrons. The van der Waals surface area contributed by atoms with Crippen molar-refractivity contribution in [2.75, 3.05) is 48.8 Å². The molecule has 2 N–H and O–H groups in total. The highest BCUT2D eigenvalue weighted by molar-refractivity contribution is 5.62. The first-order chi connectivity index (χ1) is 13.8. The normalized spacial score (nSPS) is 14.7. The predicted molar refractivity (Wildman–Crippen MR) is 115 cm³/mol. The van der Waals surface area contributed by atoms with Gasteiger partial charge in [-0.1, -0.05) is 30.3 Å². The maximum Gasteiger partial charge on any atom is 0.135 e. The molecule has 0 saturated carbocycles. The molecule has 3 aromatic rings. The van der Waals surface area contributed by atoms with E-state index in [1.54, 1.807) is 6.33 Å². The van der Waals surface area contributed by atoms with E-state index in [1.165, 1.54) is 11.3 Å². The maximum absolute atomic E-state index is 4.26. The van der Waals surface area contributed by atoms with Crippen LogP contribution >= 0.6 is 0 Å².